The Hall–Kier alpha value is -1.87. The van der Waals surface area contributed by atoms with Gasteiger partial charge in [-0.05, 0) is 25.0 Å². The van der Waals surface area contributed by atoms with Gasteiger partial charge >= 0.3 is 0 Å². The number of carbonyl (C=O) groups excluding carboxylic acids is 1. The van der Waals surface area contributed by atoms with Gasteiger partial charge in [0.25, 0.3) is 0 Å². The lowest BCUT2D eigenvalue weighted by Crippen LogP contribution is -2.21. The van der Waals surface area contributed by atoms with Crippen LogP contribution in [0.3, 0.4) is 0 Å². The number of ether oxygens (including phenoxy) is 1. The lowest BCUT2D eigenvalue weighted by Gasteiger charge is -2.24. The molecule has 0 radical (unpaired) electrons. The van der Waals surface area contributed by atoms with Crippen LogP contribution in [0, 0.1) is 5.82 Å². The predicted molar refractivity (Wildman–Crippen MR) is 62.9 cm³/mol. The molecule has 1 N–H and O–H groups in total. The van der Waals surface area contributed by atoms with E-state index in [1.807, 2.05) is 0 Å². The van der Waals surface area contributed by atoms with Gasteiger partial charge in [0.2, 0.25) is 6.08 Å². The van der Waals surface area contributed by atoms with Crippen molar-refractivity contribution in [2.45, 2.75) is 31.2 Å². The Morgan fingerprint density at radius 1 is 1.44 bits per heavy atom. The van der Waals surface area contributed by atoms with Crippen LogP contribution in [0.5, 0.6) is 11.5 Å². The fourth-order valence-corrected chi connectivity index (χ4v) is 2.59. The highest BCUT2D eigenvalue weighted by molar-refractivity contribution is 5.47. The van der Waals surface area contributed by atoms with E-state index >= 15 is 0 Å². The van der Waals surface area contributed by atoms with Crippen molar-refractivity contribution in [3.63, 3.8) is 0 Å². The molecular formula is C13H14FNO3. The second kappa shape index (κ2) is 4.78. The first kappa shape index (κ1) is 12.6. The average molecular weight is 251 g/mol. The normalized spacial score (nSPS) is 17.2. The average Bonchev–Trinajstić information content (AvgIpc) is 2.79. The summed E-state index contributed by atoms with van der Waals surface area (Å²) in [5.41, 5.74) is -0.565. The van der Waals surface area contributed by atoms with Crippen LogP contribution < -0.4 is 4.74 Å². The Labute approximate surface area is 104 Å². The third kappa shape index (κ3) is 1.87. The summed E-state index contributed by atoms with van der Waals surface area (Å²) in [4.78, 5) is 14.4. The molecule has 0 heterocycles. The van der Waals surface area contributed by atoms with Crippen molar-refractivity contribution in [1.82, 2.24) is 0 Å². The summed E-state index contributed by atoms with van der Waals surface area (Å²) < 4.78 is 19.1. The molecule has 1 aromatic rings. The maximum atomic E-state index is 14.3. The minimum absolute atomic E-state index is 0.208. The summed E-state index contributed by atoms with van der Waals surface area (Å²) in [6, 6.07) is 2.82. The molecule has 1 aliphatic rings. The van der Waals surface area contributed by atoms with Crippen molar-refractivity contribution in [1.29, 1.82) is 0 Å². The van der Waals surface area contributed by atoms with E-state index in [4.69, 9.17) is 4.74 Å². The summed E-state index contributed by atoms with van der Waals surface area (Å²) in [5, 5.41) is 9.50. The first-order chi connectivity index (χ1) is 8.64. The van der Waals surface area contributed by atoms with E-state index in [0.717, 1.165) is 12.8 Å². The highest BCUT2D eigenvalue weighted by Gasteiger charge is 2.39. The molecule has 0 atom stereocenters. The first-order valence-corrected chi connectivity index (χ1v) is 5.79. The highest BCUT2D eigenvalue weighted by Crippen LogP contribution is 2.46. The van der Waals surface area contributed by atoms with Gasteiger partial charge in [-0.3, -0.25) is 0 Å². The number of methoxy groups -OCH3 is 1. The second-order valence-corrected chi connectivity index (χ2v) is 4.42. The predicted octanol–water partition coefficient (Wildman–Crippen LogP) is 2.65. The smallest absolute Gasteiger partial charge is 0.235 e. The van der Waals surface area contributed by atoms with Gasteiger partial charge in [0.15, 0.2) is 17.3 Å². The Morgan fingerprint density at radius 3 is 2.67 bits per heavy atom. The summed E-state index contributed by atoms with van der Waals surface area (Å²) in [5.74, 6) is -1.12. The number of rotatable bonds is 3. The van der Waals surface area contributed by atoms with Gasteiger partial charge < -0.3 is 9.84 Å². The molecule has 0 aliphatic heterocycles. The zero-order valence-electron chi connectivity index (χ0n) is 10.1. The summed E-state index contributed by atoms with van der Waals surface area (Å²) >= 11 is 0. The Morgan fingerprint density at radius 2 is 2.11 bits per heavy atom. The van der Waals surface area contributed by atoms with Crippen molar-refractivity contribution >= 4 is 6.08 Å². The lowest BCUT2D eigenvalue weighted by atomic mass is 9.88. The maximum Gasteiger partial charge on any atom is 0.235 e. The van der Waals surface area contributed by atoms with Crippen molar-refractivity contribution in [2.75, 3.05) is 7.11 Å². The first-order valence-electron chi connectivity index (χ1n) is 5.79. The molecule has 1 aromatic carbocycles. The maximum absolute atomic E-state index is 14.3. The summed E-state index contributed by atoms with van der Waals surface area (Å²) in [6.07, 6.45) is 4.51. The van der Waals surface area contributed by atoms with Crippen LogP contribution in [0.2, 0.25) is 0 Å². The molecule has 0 amide bonds. The van der Waals surface area contributed by atoms with E-state index in [1.165, 1.54) is 25.3 Å². The number of nitrogens with zero attached hydrogens (tertiary/aromatic N) is 1. The SMILES string of the molecule is COc1c(O)ccc(C2(N=C=O)CCCC2)c1F. The lowest BCUT2D eigenvalue weighted by molar-refractivity contribution is 0.340. The second-order valence-electron chi connectivity index (χ2n) is 4.42. The van der Waals surface area contributed by atoms with Gasteiger partial charge in [-0.2, -0.15) is 4.99 Å². The van der Waals surface area contributed by atoms with E-state index in [-0.39, 0.29) is 17.1 Å². The van der Waals surface area contributed by atoms with Crippen LogP contribution in [0.1, 0.15) is 31.2 Å². The molecule has 96 valence electrons. The van der Waals surface area contributed by atoms with Crippen molar-refractivity contribution in [2.24, 2.45) is 4.99 Å². The number of hydrogen-bond donors (Lipinski definition) is 1. The molecule has 1 saturated carbocycles. The molecule has 1 aliphatic carbocycles. The third-order valence-corrected chi connectivity index (χ3v) is 3.47. The highest BCUT2D eigenvalue weighted by atomic mass is 19.1. The number of benzene rings is 1. The number of phenols is 1. The monoisotopic (exact) mass is 251 g/mol. The third-order valence-electron chi connectivity index (χ3n) is 3.47. The van der Waals surface area contributed by atoms with E-state index in [1.54, 1.807) is 0 Å². The number of isocyanates is 1. The van der Waals surface area contributed by atoms with Gasteiger partial charge in [0, 0.05) is 5.56 Å². The van der Waals surface area contributed by atoms with Gasteiger partial charge in [0.05, 0.1) is 7.11 Å². The zero-order valence-corrected chi connectivity index (χ0v) is 10.1. The minimum Gasteiger partial charge on any atom is -0.504 e. The van der Waals surface area contributed by atoms with E-state index in [9.17, 15) is 14.3 Å². The van der Waals surface area contributed by atoms with Crippen molar-refractivity contribution < 1.29 is 19.0 Å². The Kier molecular flexibility index (Phi) is 3.34. The number of halogens is 1. The molecule has 18 heavy (non-hydrogen) atoms. The molecule has 0 bridgehead atoms. The molecular weight excluding hydrogens is 237 g/mol. The van der Waals surface area contributed by atoms with Crippen molar-refractivity contribution in [3.05, 3.63) is 23.5 Å². The standard InChI is InChI=1S/C13H14FNO3/c1-18-12-10(17)5-4-9(11(12)14)13(15-8-16)6-2-3-7-13/h4-5,17H,2-3,6-7H2,1H3. The Bertz CT molecular complexity index is 503. The molecule has 4 nitrogen and oxygen atoms in total. The van der Waals surface area contributed by atoms with E-state index in [2.05, 4.69) is 4.99 Å². The summed E-state index contributed by atoms with van der Waals surface area (Å²) in [7, 11) is 1.28. The molecule has 0 spiro atoms. The molecule has 2 rings (SSSR count). The molecule has 0 unspecified atom stereocenters. The van der Waals surface area contributed by atoms with Crippen molar-refractivity contribution in [3.8, 4) is 11.5 Å². The quantitative estimate of drug-likeness (QED) is 0.663. The fraction of sp³-hybridized carbons (Fsp3) is 0.462. The van der Waals surface area contributed by atoms with E-state index in [0.29, 0.717) is 12.8 Å². The van der Waals surface area contributed by atoms with Gasteiger partial charge in [0.1, 0.15) is 5.54 Å². The van der Waals surface area contributed by atoms with Crippen LogP contribution >= 0.6 is 0 Å². The van der Waals surface area contributed by atoms with Crippen LogP contribution in [0.25, 0.3) is 0 Å². The fourth-order valence-electron chi connectivity index (χ4n) is 2.59. The zero-order chi connectivity index (χ0) is 13.2. The molecule has 1 fully saturated rings. The number of aliphatic imine (C=N–C) groups is 1. The van der Waals surface area contributed by atoms with Gasteiger partial charge in [-0.1, -0.05) is 12.8 Å². The number of aromatic hydroxyl groups is 1. The van der Waals surface area contributed by atoms with Crippen LogP contribution in [-0.2, 0) is 10.3 Å². The topological polar surface area (TPSA) is 58.9 Å². The number of hydrogen-bond acceptors (Lipinski definition) is 4. The van der Waals surface area contributed by atoms with Gasteiger partial charge in [-0.25, -0.2) is 9.18 Å². The molecule has 5 heteroatoms. The van der Waals surface area contributed by atoms with Gasteiger partial charge in [-0.15, -0.1) is 0 Å². The van der Waals surface area contributed by atoms with Crippen LogP contribution in [-0.4, -0.2) is 18.3 Å². The van der Waals surface area contributed by atoms with E-state index < -0.39 is 11.4 Å². The minimum atomic E-state index is -0.854. The number of phenolic OH excluding ortho intramolecular Hbond substituents is 1. The largest absolute Gasteiger partial charge is 0.504 e. The van der Waals surface area contributed by atoms with Crippen LogP contribution in [0.15, 0.2) is 17.1 Å². The Balaban J connectivity index is 2.59. The van der Waals surface area contributed by atoms with Crippen LogP contribution in [0.4, 0.5) is 4.39 Å². The molecule has 0 aromatic heterocycles. The summed E-state index contributed by atoms with van der Waals surface area (Å²) in [6.45, 7) is 0. The molecule has 0 saturated heterocycles.